The number of carbonyl (C=O) groups excluding carboxylic acids is 3. The molecule has 0 radical (unpaired) electrons. The third-order valence-corrected chi connectivity index (χ3v) is 5.25. The Morgan fingerprint density at radius 1 is 0.966 bits per heavy atom. The fourth-order valence-electron chi connectivity index (χ4n) is 3.78. The first-order chi connectivity index (χ1) is 13.9. The van der Waals surface area contributed by atoms with E-state index in [1.54, 1.807) is 6.07 Å². The van der Waals surface area contributed by atoms with Crippen LogP contribution >= 0.6 is 0 Å². The smallest absolute Gasteiger partial charge is 0.263 e. The lowest BCUT2D eigenvalue weighted by Gasteiger charge is -2.22. The Morgan fingerprint density at radius 3 is 2.31 bits per heavy atom. The van der Waals surface area contributed by atoms with Crippen molar-refractivity contribution in [3.05, 3.63) is 59.2 Å². The molecular formula is C21H21N5O3. The zero-order chi connectivity index (χ0) is 20.7. The molecule has 0 bridgehead atoms. The Balaban J connectivity index is 1.54. The number of rotatable bonds is 4. The summed E-state index contributed by atoms with van der Waals surface area (Å²) in [5, 5.41) is 12.0. The molecule has 2 atom stereocenters. The van der Waals surface area contributed by atoms with Gasteiger partial charge in [0.1, 0.15) is 6.54 Å². The van der Waals surface area contributed by atoms with E-state index in [0.717, 1.165) is 16.7 Å². The van der Waals surface area contributed by atoms with E-state index in [-0.39, 0.29) is 12.5 Å². The molecule has 1 saturated heterocycles. The van der Waals surface area contributed by atoms with Crippen LogP contribution in [0.3, 0.4) is 0 Å². The molecule has 2 aliphatic heterocycles. The summed E-state index contributed by atoms with van der Waals surface area (Å²) in [5.41, 5.74) is 3.85. The number of nitrogens with one attached hydrogen (secondary N) is 1. The Kier molecular flexibility index (Phi) is 4.62. The molecule has 0 aliphatic carbocycles. The second kappa shape index (κ2) is 7.12. The predicted octanol–water partition coefficient (Wildman–Crippen LogP) is 2.54. The molecule has 3 amide bonds. The predicted molar refractivity (Wildman–Crippen MR) is 107 cm³/mol. The molecule has 8 nitrogen and oxygen atoms in total. The SMILES string of the molecule is Cc1ccccc1NC(=O)CN1N=N[C@H]2C(=O)N(c3c(C)cccc3C)C(=O)[C@H]21. The molecule has 0 saturated carbocycles. The summed E-state index contributed by atoms with van der Waals surface area (Å²) in [5.74, 6) is -1.15. The van der Waals surface area contributed by atoms with Crippen molar-refractivity contribution in [3.8, 4) is 0 Å². The van der Waals surface area contributed by atoms with Gasteiger partial charge in [-0.3, -0.25) is 19.4 Å². The highest BCUT2D eigenvalue weighted by molar-refractivity contribution is 6.26. The quantitative estimate of drug-likeness (QED) is 0.811. The molecule has 1 N–H and O–H groups in total. The molecule has 0 aromatic heterocycles. The normalized spacial score (nSPS) is 20.4. The maximum Gasteiger partial charge on any atom is 0.263 e. The van der Waals surface area contributed by atoms with Crippen LogP contribution in [0.2, 0.25) is 0 Å². The highest BCUT2D eigenvalue weighted by Crippen LogP contribution is 2.35. The number of aryl methyl sites for hydroxylation is 3. The average molecular weight is 391 g/mol. The first-order valence-corrected chi connectivity index (χ1v) is 9.35. The molecule has 0 spiro atoms. The second-order valence-corrected chi connectivity index (χ2v) is 7.31. The van der Waals surface area contributed by atoms with Gasteiger partial charge in [-0.2, -0.15) is 5.11 Å². The van der Waals surface area contributed by atoms with Gasteiger partial charge in [-0.1, -0.05) is 41.6 Å². The van der Waals surface area contributed by atoms with Gasteiger partial charge in [-0.05, 0) is 43.5 Å². The minimum atomic E-state index is -0.923. The van der Waals surface area contributed by atoms with Crippen LogP contribution in [-0.4, -0.2) is 41.4 Å². The lowest BCUT2D eigenvalue weighted by Crippen LogP contribution is -2.43. The number of anilines is 2. The topological polar surface area (TPSA) is 94.4 Å². The van der Waals surface area contributed by atoms with Gasteiger partial charge in [0.25, 0.3) is 11.8 Å². The van der Waals surface area contributed by atoms with E-state index in [9.17, 15) is 14.4 Å². The van der Waals surface area contributed by atoms with Crippen LogP contribution in [0.1, 0.15) is 16.7 Å². The van der Waals surface area contributed by atoms with E-state index in [1.807, 2.05) is 57.2 Å². The van der Waals surface area contributed by atoms with E-state index in [0.29, 0.717) is 11.4 Å². The molecule has 2 aromatic rings. The number of benzene rings is 2. The fraction of sp³-hybridized carbons (Fsp3) is 0.286. The summed E-state index contributed by atoms with van der Waals surface area (Å²) in [4.78, 5) is 39.7. The van der Waals surface area contributed by atoms with E-state index < -0.39 is 23.9 Å². The Morgan fingerprint density at radius 2 is 1.62 bits per heavy atom. The minimum Gasteiger partial charge on any atom is -0.324 e. The van der Waals surface area contributed by atoms with Crippen LogP contribution in [0.15, 0.2) is 52.8 Å². The molecule has 4 rings (SSSR count). The van der Waals surface area contributed by atoms with E-state index in [4.69, 9.17) is 0 Å². The summed E-state index contributed by atoms with van der Waals surface area (Å²) in [7, 11) is 0. The van der Waals surface area contributed by atoms with Gasteiger partial charge in [-0.15, -0.1) is 0 Å². The van der Waals surface area contributed by atoms with Crippen molar-refractivity contribution in [2.24, 2.45) is 10.3 Å². The van der Waals surface area contributed by atoms with Crippen molar-refractivity contribution in [1.29, 1.82) is 0 Å². The van der Waals surface area contributed by atoms with Crippen molar-refractivity contribution >= 4 is 29.1 Å². The zero-order valence-corrected chi connectivity index (χ0v) is 16.4. The minimum absolute atomic E-state index is 0.168. The third kappa shape index (κ3) is 3.16. The van der Waals surface area contributed by atoms with Crippen LogP contribution in [0.4, 0.5) is 11.4 Å². The molecule has 1 fully saturated rings. The lowest BCUT2D eigenvalue weighted by atomic mass is 10.1. The number of carbonyl (C=O) groups is 3. The van der Waals surface area contributed by atoms with Gasteiger partial charge < -0.3 is 5.32 Å². The van der Waals surface area contributed by atoms with Gasteiger partial charge in [-0.25, -0.2) is 4.90 Å². The number of amides is 3. The number of para-hydroxylation sites is 2. The Labute approximate surface area is 168 Å². The molecule has 2 aromatic carbocycles. The monoisotopic (exact) mass is 391 g/mol. The summed E-state index contributed by atoms with van der Waals surface area (Å²) in [6.07, 6.45) is 0. The van der Waals surface area contributed by atoms with Gasteiger partial charge in [0.05, 0.1) is 5.69 Å². The number of imide groups is 1. The number of hydrogen-bond acceptors (Lipinski definition) is 6. The van der Waals surface area contributed by atoms with Crippen LogP contribution in [0.5, 0.6) is 0 Å². The van der Waals surface area contributed by atoms with E-state index in [2.05, 4.69) is 15.7 Å². The summed E-state index contributed by atoms with van der Waals surface area (Å²) < 4.78 is 0. The van der Waals surface area contributed by atoms with Crippen molar-refractivity contribution in [1.82, 2.24) is 5.01 Å². The van der Waals surface area contributed by atoms with Crippen LogP contribution in [0, 0.1) is 20.8 Å². The lowest BCUT2D eigenvalue weighted by molar-refractivity contribution is -0.123. The van der Waals surface area contributed by atoms with Gasteiger partial charge in [0, 0.05) is 5.69 Å². The number of hydrogen-bond donors (Lipinski definition) is 1. The van der Waals surface area contributed by atoms with Gasteiger partial charge >= 0.3 is 0 Å². The molecule has 2 heterocycles. The van der Waals surface area contributed by atoms with Gasteiger partial charge in [0.15, 0.2) is 12.1 Å². The Hall–Kier alpha value is -3.55. The molecule has 8 heteroatoms. The summed E-state index contributed by atoms with van der Waals surface area (Å²) >= 11 is 0. The molecular weight excluding hydrogens is 370 g/mol. The summed E-state index contributed by atoms with van der Waals surface area (Å²) in [6.45, 7) is 5.43. The Bertz CT molecular complexity index is 1030. The summed E-state index contributed by atoms with van der Waals surface area (Å²) in [6, 6.07) is 11.2. The average Bonchev–Trinajstić information content (AvgIpc) is 3.18. The van der Waals surface area contributed by atoms with E-state index >= 15 is 0 Å². The van der Waals surface area contributed by atoms with Crippen LogP contribution in [0.25, 0.3) is 0 Å². The first-order valence-electron chi connectivity index (χ1n) is 9.35. The molecule has 29 heavy (non-hydrogen) atoms. The van der Waals surface area contributed by atoms with Crippen LogP contribution in [-0.2, 0) is 14.4 Å². The maximum atomic E-state index is 13.1. The number of fused-ring (bicyclic) bond motifs is 1. The molecule has 2 aliphatic rings. The molecule has 0 unspecified atom stereocenters. The van der Waals surface area contributed by atoms with Crippen molar-refractivity contribution in [3.63, 3.8) is 0 Å². The van der Waals surface area contributed by atoms with Gasteiger partial charge in [0.2, 0.25) is 5.91 Å². The van der Waals surface area contributed by atoms with Crippen LogP contribution < -0.4 is 10.2 Å². The maximum absolute atomic E-state index is 13.1. The standard InChI is InChI=1S/C21H21N5O3/c1-12-7-4-5-10-15(12)22-16(27)11-25-19-17(23-24-25)20(28)26(21(19)29)18-13(2)8-6-9-14(18)3/h4-10,17,19H,11H2,1-3H3,(H,22,27)/t17-,19+/m1/s1. The highest BCUT2D eigenvalue weighted by atomic mass is 16.2. The van der Waals surface area contributed by atoms with Crippen molar-refractivity contribution < 1.29 is 14.4 Å². The third-order valence-electron chi connectivity index (χ3n) is 5.25. The largest absolute Gasteiger partial charge is 0.324 e. The van der Waals surface area contributed by atoms with Crippen molar-refractivity contribution in [2.75, 3.05) is 16.8 Å². The molecule has 148 valence electrons. The first kappa shape index (κ1) is 18.8. The number of nitrogens with zero attached hydrogens (tertiary/aromatic N) is 4. The fourth-order valence-corrected chi connectivity index (χ4v) is 3.78. The second-order valence-electron chi connectivity index (χ2n) is 7.31. The zero-order valence-electron chi connectivity index (χ0n) is 16.4. The van der Waals surface area contributed by atoms with Crippen molar-refractivity contribution in [2.45, 2.75) is 32.9 Å². The van der Waals surface area contributed by atoms with E-state index in [1.165, 1.54) is 9.91 Å². The highest BCUT2D eigenvalue weighted by Gasteiger charge is 2.55.